The van der Waals surface area contributed by atoms with Crippen LogP contribution in [0.15, 0.2) is 54.6 Å². The number of nitrogens with one attached hydrogen (secondary N) is 1. The molecule has 1 N–H and O–H groups in total. The third-order valence-corrected chi connectivity index (χ3v) is 4.63. The highest BCUT2D eigenvalue weighted by Crippen LogP contribution is 2.34. The van der Waals surface area contributed by atoms with Crippen LogP contribution in [0.25, 0.3) is 21.9 Å². The zero-order valence-corrected chi connectivity index (χ0v) is 16.0. The normalized spacial score (nSPS) is 11.8. The van der Waals surface area contributed by atoms with Crippen molar-refractivity contribution in [3.63, 3.8) is 0 Å². The Balaban J connectivity index is 2.10. The molecule has 0 saturated carbocycles. The predicted molar refractivity (Wildman–Crippen MR) is 106 cm³/mol. The van der Waals surface area contributed by atoms with E-state index in [1.807, 2.05) is 45.0 Å². The second kappa shape index (κ2) is 7.66. The van der Waals surface area contributed by atoms with Crippen molar-refractivity contribution in [2.45, 2.75) is 39.4 Å². The second-order valence-electron chi connectivity index (χ2n) is 7.14. The molecule has 0 heterocycles. The molecule has 0 fully saturated rings. The Morgan fingerprint density at radius 3 is 2.25 bits per heavy atom. The maximum Gasteiger partial charge on any atom is 0.416 e. The summed E-state index contributed by atoms with van der Waals surface area (Å²) in [5.74, 6) is -0.144. The van der Waals surface area contributed by atoms with Gasteiger partial charge in [-0.1, -0.05) is 37.3 Å². The number of rotatable bonds is 4. The van der Waals surface area contributed by atoms with Crippen molar-refractivity contribution in [1.82, 2.24) is 5.32 Å². The highest BCUT2D eigenvalue weighted by molar-refractivity contribution is 6.03. The standard InChI is InChI=1S/C23H22F3NO/c1-4-15-11-18-13-17(22(28)27-14(2)3)7-10-20(18)21(12-15)16-5-8-19(9-6-16)23(24,25)26/h5-14H,4H2,1-3H3,(H,27,28). The first kappa shape index (κ1) is 19.9. The lowest BCUT2D eigenvalue weighted by Gasteiger charge is -2.13. The topological polar surface area (TPSA) is 29.1 Å². The lowest BCUT2D eigenvalue weighted by atomic mass is 9.93. The van der Waals surface area contributed by atoms with Crippen molar-refractivity contribution >= 4 is 16.7 Å². The van der Waals surface area contributed by atoms with Gasteiger partial charge in [-0.25, -0.2) is 0 Å². The molecule has 0 aliphatic heterocycles. The van der Waals surface area contributed by atoms with Crippen molar-refractivity contribution in [3.8, 4) is 11.1 Å². The number of amides is 1. The number of hydrogen-bond acceptors (Lipinski definition) is 1. The Kier molecular flexibility index (Phi) is 5.45. The van der Waals surface area contributed by atoms with Crippen LogP contribution < -0.4 is 5.32 Å². The molecule has 146 valence electrons. The van der Waals surface area contributed by atoms with Gasteiger partial charge in [0.1, 0.15) is 0 Å². The molecule has 5 heteroatoms. The molecular weight excluding hydrogens is 363 g/mol. The average Bonchev–Trinajstić information content (AvgIpc) is 2.65. The molecule has 0 radical (unpaired) electrons. The molecule has 0 spiro atoms. The van der Waals surface area contributed by atoms with Gasteiger partial charge in [0.25, 0.3) is 5.91 Å². The van der Waals surface area contributed by atoms with Crippen LogP contribution >= 0.6 is 0 Å². The molecule has 3 rings (SSSR count). The molecule has 28 heavy (non-hydrogen) atoms. The quantitative estimate of drug-likeness (QED) is 0.567. The van der Waals surface area contributed by atoms with E-state index in [0.717, 1.165) is 40.5 Å². The Hall–Kier alpha value is -2.82. The second-order valence-corrected chi connectivity index (χ2v) is 7.14. The summed E-state index contributed by atoms with van der Waals surface area (Å²) in [5.41, 5.74) is 2.53. The van der Waals surface area contributed by atoms with Crippen LogP contribution in [0.3, 0.4) is 0 Å². The number of fused-ring (bicyclic) bond motifs is 1. The van der Waals surface area contributed by atoms with E-state index in [9.17, 15) is 18.0 Å². The van der Waals surface area contributed by atoms with Crippen molar-refractivity contribution in [2.75, 3.05) is 0 Å². The Morgan fingerprint density at radius 2 is 1.68 bits per heavy atom. The summed E-state index contributed by atoms with van der Waals surface area (Å²) in [6.07, 6.45) is -3.57. The van der Waals surface area contributed by atoms with Gasteiger partial charge in [-0.05, 0) is 72.0 Å². The van der Waals surface area contributed by atoms with Crippen molar-refractivity contribution in [1.29, 1.82) is 0 Å². The minimum Gasteiger partial charge on any atom is -0.350 e. The van der Waals surface area contributed by atoms with Crippen LogP contribution in [0.1, 0.15) is 42.3 Å². The van der Waals surface area contributed by atoms with Crippen molar-refractivity contribution in [3.05, 3.63) is 71.3 Å². The zero-order chi connectivity index (χ0) is 20.5. The lowest BCUT2D eigenvalue weighted by Crippen LogP contribution is -2.29. The summed E-state index contributed by atoms with van der Waals surface area (Å²) in [4.78, 5) is 12.3. The monoisotopic (exact) mass is 385 g/mol. The fourth-order valence-electron chi connectivity index (χ4n) is 3.20. The summed E-state index contributed by atoms with van der Waals surface area (Å²) in [5, 5.41) is 4.67. The van der Waals surface area contributed by atoms with Gasteiger partial charge in [0.15, 0.2) is 0 Å². The van der Waals surface area contributed by atoms with Gasteiger partial charge in [0.05, 0.1) is 5.56 Å². The number of halogens is 3. The Morgan fingerprint density at radius 1 is 1.00 bits per heavy atom. The maximum atomic E-state index is 12.9. The summed E-state index contributed by atoms with van der Waals surface area (Å²) in [6, 6.07) is 14.7. The number of carbonyl (C=O) groups is 1. The summed E-state index contributed by atoms with van der Waals surface area (Å²) < 4.78 is 38.6. The smallest absolute Gasteiger partial charge is 0.350 e. The third kappa shape index (κ3) is 4.19. The number of alkyl halides is 3. The van der Waals surface area contributed by atoms with Gasteiger partial charge < -0.3 is 5.32 Å². The number of benzene rings is 3. The molecule has 2 nitrogen and oxygen atoms in total. The fourth-order valence-corrected chi connectivity index (χ4v) is 3.20. The van der Waals surface area contributed by atoms with E-state index in [2.05, 4.69) is 5.32 Å². The van der Waals surface area contributed by atoms with E-state index >= 15 is 0 Å². The SMILES string of the molecule is CCc1cc(-c2ccc(C(F)(F)F)cc2)c2ccc(C(=O)NC(C)C)cc2c1. The van der Waals surface area contributed by atoms with E-state index in [1.165, 1.54) is 12.1 Å². The number of aryl methyl sites for hydroxylation is 1. The first-order valence-corrected chi connectivity index (χ1v) is 9.24. The summed E-state index contributed by atoms with van der Waals surface area (Å²) >= 11 is 0. The van der Waals surface area contributed by atoms with Gasteiger partial charge in [-0.15, -0.1) is 0 Å². The zero-order valence-electron chi connectivity index (χ0n) is 16.0. The lowest BCUT2D eigenvalue weighted by molar-refractivity contribution is -0.137. The highest BCUT2D eigenvalue weighted by atomic mass is 19.4. The molecule has 0 atom stereocenters. The highest BCUT2D eigenvalue weighted by Gasteiger charge is 2.30. The Labute approximate surface area is 162 Å². The number of carbonyl (C=O) groups excluding carboxylic acids is 1. The van der Waals surface area contributed by atoms with Crippen LogP contribution in [0.4, 0.5) is 13.2 Å². The van der Waals surface area contributed by atoms with Gasteiger partial charge in [-0.2, -0.15) is 13.2 Å². The van der Waals surface area contributed by atoms with Crippen LogP contribution in [0.5, 0.6) is 0 Å². The van der Waals surface area contributed by atoms with E-state index in [0.29, 0.717) is 11.1 Å². The summed E-state index contributed by atoms with van der Waals surface area (Å²) in [7, 11) is 0. The molecule has 3 aromatic rings. The van der Waals surface area contributed by atoms with Gasteiger partial charge in [-0.3, -0.25) is 4.79 Å². The van der Waals surface area contributed by atoms with Crippen molar-refractivity contribution < 1.29 is 18.0 Å². The third-order valence-electron chi connectivity index (χ3n) is 4.63. The van der Waals surface area contributed by atoms with Crippen LogP contribution in [-0.4, -0.2) is 11.9 Å². The average molecular weight is 385 g/mol. The molecule has 0 unspecified atom stereocenters. The largest absolute Gasteiger partial charge is 0.416 e. The van der Waals surface area contributed by atoms with E-state index in [-0.39, 0.29) is 11.9 Å². The molecule has 0 saturated heterocycles. The van der Waals surface area contributed by atoms with Crippen LogP contribution in [0.2, 0.25) is 0 Å². The molecular formula is C23H22F3NO. The molecule has 0 bridgehead atoms. The molecule has 0 aromatic heterocycles. The first-order chi connectivity index (χ1) is 13.2. The van der Waals surface area contributed by atoms with Crippen LogP contribution in [0, 0.1) is 0 Å². The molecule has 3 aromatic carbocycles. The summed E-state index contributed by atoms with van der Waals surface area (Å²) in [6.45, 7) is 5.82. The van der Waals surface area contributed by atoms with Gasteiger partial charge in [0.2, 0.25) is 0 Å². The van der Waals surface area contributed by atoms with Crippen LogP contribution in [-0.2, 0) is 12.6 Å². The van der Waals surface area contributed by atoms with Gasteiger partial charge in [0, 0.05) is 11.6 Å². The maximum absolute atomic E-state index is 12.9. The van der Waals surface area contributed by atoms with E-state index in [1.54, 1.807) is 6.07 Å². The Bertz CT molecular complexity index is 1000. The first-order valence-electron chi connectivity index (χ1n) is 9.24. The molecule has 0 aliphatic carbocycles. The predicted octanol–water partition coefficient (Wildman–Crippen LogP) is 6.23. The van der Waals surface area contributed by atoms with Crippen molar-refractivity contribution in [2.24, 2.45) is 0 Å². The van der Waals surface area contributed by atoms with E-state index < -0.39 is 11.7 Å². The van der Waals surface area contributed by atoms with Gasteiger partial charge >= 0.3 is 6.18 Å². The minimum absolute atomic E-state index is 0.0351. The molecule has 1 amide bonds. The fraction of sp³-hybridized carbons (Fsp3) is 0.261. The van der Waals surface area contributed by atoms with E-state index in [4.69, 9.17) is 0 Å². The minimum atomic E-state index is -4.36. The number of hydrogen-bond donors (Lipinski definition) is 1. The molecule has 0 aliphatic rings.